The Bertz CT molecular complexity index is 385. The van der Waals surface area contributed by atoms with Crippen LogP contribution >= 0.6 is 0 Å². The summed E-state index contributed by atoms with van der Waals surface area (Å²) in [6.45, 7) is 2.06. The molecule has 6 nitrogen and oxygen atoms in total. The average Bonchev–Trinajstić information content (AvgIpc) is 2.18. The lowest BCUT2D eigenvalue weighted by Crippen LogP contribution is -2.31. The van der Waals surface area contributed by atoms with Crippen LogP contribution < -0.4 is 16.3 Å². The van der Waals surface area contributed by atoms with E-state index < -0.39 is 0 Å². The lowest BCUT2D eigenvalue weighted by atomic mass is 10.2. The van der Waals surface area contributed by atoms with Crippen molar-refractivity contribution in [2.24, 2.45) is 0 Å². The van der Waals surface area contributed by atoms with Crippen LogP contribution in [-0.4, -0.2) is 29.0 Å². The molecular weight excluding hydrogens is 194 g/mol. The number of nitrogens with zero attached hydrogens (tertiary/aromatic N) is 4. The van der Waals surface area contributed by atoms with Gasteiger partial charge in [-0.3, -0.25) is 4.79 Å². The first-order valence-corrected chi connectivity index (χ1v) is 4.99. The van der Waals surface area contributed by atoms with Gasteiger partial charge in [0.1, 0.15) is 5.69 Å². The molecule has 1 aromatic rings. The van der Waals surface area contributed by atoms with Crippen LogP contribution in [0.25, 0.3) is 0 Å². The highest BCUT2D eigenvalue weighted by molar-refractivity contribution is 5.26. The van der Waals surface area contributed by atoms with E-state index in [4.69, 9.17) is 5.84 Å². The molecule has 0 bridgehead atoms. The number of rotatable bonds is 4. The lowest BCUT2D eigenvalue weighted by molar-refractivity contribution is 0.671. The molecule has 0 aliphatic rings. The molecule has 0 unspecified atom stereocenters. The summed E-state index contributed by atoms with van der Waals surface area (Å²) in [6.07, 6.45) is 2.57. The van der Waals surface area contributed by atoms with Crippen LogP contribution in [0.5, 0.6) is 0 Å². The highest BCUT2D eigenvalue weighted by Gasteiger charge is 2.09. The minimum absolute atomic E-state index is 0.283. The van der Waals surface area contributed by atoms with Gasteiger partial charge in [0.15, 0.2) is 0 Å². The van der Waals surface area contributed by atoms with E-state index in [0.717, 1.165) is 17.6 Å². The highest BCUT2D eigenvalue weighted by Crippen LogP contribution is 2.01. The Kier molecular flexibility index (Phi) is 3.65. The number of anilines is 1. The zero-order valence-corrected chi connectivity index (χ0v) is 9.40. The molecule has 0 amide bonds. The molecule has 6 heteroatoms. The SMILES string of the molecule is CCCCc1nn(N)c(N(C)C)nc1=O. The van der Waals surface area contributed by atoms with Gasteiger partial charge in [0.25, 0.3) is 5.56 Å². The van der Waals surface area contributed by atoms with Gasteiger partial charge in [-0.1, -0.05) is 13.3 Å². The van der Waals surface area contributed by atoms with Crippen LogP contribution in [0.3, 0.4) is 0 Å². The van der Waals surface area contributed by atoms with E-state index in [0.29, 0.717) is 18.1 Å². The number of aromatic nitrogens is 3. The summed E-state index contributed by atoms with van der Waals surface area (Å²) in [5.74, 6) is 5.99. The van der Waals surface area contributed by atoms with E-state index >= 15 is 0 Å². The molecule has 0 saturated carbocycles. The van der Waals surface area contributed by atoms with Crippen LogP contribution in [0, 0.1) is 0 Å². The third-order valence-corrected chi connectivity index (χ3v) is 2.05. The van der Waals surface area contributed by atoms with Crippen molar-refractivity contribution in [3.8, 4) is 0 Å². The van der Waals surface area contributed by atoms with Crippen LogP contribution in [0.15, 0.2) is 4.79 Å². The molecule has 0 saturated heterocycles. The fourth-order valence-corrected chi connectivity index (χ4v) is 1.23. The average molecular weight is 211 g/mol. The fourth-order valence-electron chi connectivity index (χ4n) is 1.23. The molecule has 0 fully saturated rings. The normalized spacial score (nSPS) is 10.3. The largest absolute Gasteiger partial charge is 0.346 e. The summed E-state index contributed by atoms with van der Waals surface area (Å²) in [7, 11) is 3.52. The van der Waals surface area contributed by atoms with Crippen molar-refractivity contribution in [1.29, 1.82) is 0 Å². The minimum Gasteiger partial charge on any atom is -0.346 e. The first-order chi connectivity index (χ1) is 7.06. The number of nitrogen functional groups attached to an aromatic ring is 1. The molecule has 0 atom stereocenters. The van der Waals surface area contributed by atoms with Gasteiger partial charge in [0.2, 0.25) is 5.95 Å². The molecule has 1 heterocycles. The molecule has 0 aliphatic heterocycles. The van der Waals surface area contributed by atoms with E-state index in [2.05, 4.69) is 17.0 Å². The number of hydrogen-bond donors (Lipinski definition) is 1. The number of aryl methyl sites for hydroxylation is 1. The molecule has 0 aliphatic carbocycles. The smallest absolute Gasteiger partial charge is 0.296 e. The maximum atomic E-state index is 11.5. The van der Waals surface area contributed by atoms with Crippen molar-refractivity contribution in [2.45, 2.75) is 26.2 Å². The third kappa shape index (κ3) is 2.68. The third-order valence-electron chi connectivity index (χ3n) is 2.05. The second-order valence-electron chi connectivity index (χ2n) is 3.61. The Labute approximate surface area is 88.7 Å². The zero-order valence-electron chi connectivity index (χ0n) is 9.40. The number of nitrogens with two attached hydrogens (primary N) is 1. The highest BCUT2D eigenvalue weighted by atomic mass is 16.1. The summed E-state index contributed by atoms with van der Waals surface area (Å²) in [6, 6.07) is 0. The maximum Gasteiger partial charge on any atom is 0.296 e. The monoisotopic (exact) mass is 211 g/mol. The maximum absolute atomic E-state index is 11.5. The van der Waals surface area contributed by atoms with Crippen molar-refractivity contribution in [1.82, 2.24) is 14.9 Å². The first kappa shape index (κ1) is 11.5. The van der Waals surface area contributed by atoms with Crippen molar-refractivity contribution in [3.63, 3.8) is 0 Å². The van der Waals surface area contributed by atoms with Gasteiger partial charge >= 0.3 is 0 Å². The quantitative estimate of drug-likeness (QED) is 0.695. The second-order valence-corrected chi connectivity index (χ2v) is 3.61. The van der Waals surface area contributed by atoms with E-state index in [-0.39, 0.29) is 5.56 Å². The number of unbranched alkanes of at least 4 members (excludes halogenated alkanes) is 1. The predicted molar refractivity (Wildman–Crippen MR) is 59.4 cm³/mol. The molecule has 1 rings (SSSR count). The van der Waals surface area contributed by atoms with E-state index in [1.807, 2.05) is 0 Å². The summed E-state index contributed by atoms with van der Waals surface area (Å²) < 4.78 is 0. The van der Waals surface area contributed by atoms with E-state index in [9.17, 15) is 4.79 Å². The molecule has 0 aromatic carbocycles. The van der Waals surface area contributed by atoms with E-state index in [1.54, 1.807) is 19.0 Å². The van der Waals surface area contributed by atoms with Crippen molar-refractivity contribution in [3.05, 3.63) is 16.0 Å². The van der Waals surface area contributed by atoms with Gasteiger partial charge in [-0.25, -0.2) is 0 Å². The van der Waals surface area contributed by atoms with Crippen molar-refractivity contribution >= 4 is 5.95 Å². The topological polar surface area (TPSA) is 77.0 Å². The van der Waals surface area contributed by atoms with Gasteiger partial charge in [-0.15, -0.1) is 9.89 Å². The van der Waals surface area contributed by atoms with Gasteiger partial charge < -0.3 is 10.7 Å². The molecule has 84 valence electrons. The summed E-state index contributed by atoms with van der Waals surface area (Å²) in [5, 5.41) is 4.01. The Morgan fingerprint density at radius 2 is 2.13 bits per heavy atom. The van der Waals surface area contributed by atoms with Crippen LogP contribution in [-0.2, 0) is 6.42 Å². The molecule has 0 spiro atoms. The predicted octanol–water partition coefficient (Wildman–Crippen LogP) is -0.239. The fraction of sp³-hybridized carbons (Fsp3) is 0.667. The van der Waals surface area contributed by atoms with Gasteiger partial charge in [-0.2, -0.15) is 4.98 Å². The Balaban J connectivity index is 3.03. The van der Waals surface area contributed by atoms with Crippen LogP contribution in [0.4, 0.5) is 5.95 Å². The second kappa shape index (κ2) is 4.77. The summed E-state index contributed by atoms with van der Waals surface area (Å²) in [5.41, 5.74) is 0.152. The molecule has 1 aromatic heterocycles. The van der Waals surface area contributed by atoms with Crippen molar-refractivity contribution < 1.29 is 0 Å². The first-order valence-electron chi connectivity index (χ1n) is 4.99. The van der Waals surface area contributed by atoms with Crippen LogP contribution in [0.1, 0.15) is 25.5 Å². The van der Waals surface area contributed by atoms with E-state index in [1.165, 1.54) is 0 Å². The summed E-state index contributed by atoms with van der Waals surface area (Å²) in [4.78, 5) is 18.2. The standard InChI is InChI=1S/C9H17N5O/c1-4-5-6-7-8(15)11-9(13(2)3)14(10)12-7/h4-6,10H2,1-3H3. The molecule has 2 N–H and O–H groups in total. The number of hydrogen-bond acceptors (Lipinski definition) is 5. The Morgan fingerprint density at radius 3 is 2.67 bits per heavy atom. The summed E-state index contributed by atoms with van der Waals surface area (Å²) >= 11 is 0. The van der Waals surface area contributed by atoms with Gasteiger partial charge in [-0.05, 0) is 12.8 Å². The minimum atomic E-state index is -0.283. The lowest BCUT2D eigenvalue weighted by Gasteiger charge is -2.13. The molecule has 15 heavy (non-hydrogen) atoms. The molecular formula is C9H17N5O. The Hall–Kier alpha value is -1.59. The van der Waals surface area contributed by atoms with Crippen molar-refractivity contribution in [2.75, 3.05) is 24.8 Å². The van der Waals surface area contributed by atoms with Gasteiger partial charge in [0, 0.05) is 14.1 Å². The zero-order chi connectivity index (χ0) is 11.4. The Morgan fingerprint density at radius 1 is 1.47 bits per heavy atom. The van der Waals surface area contributed by atoms with Crippen LogP contribution in [0.2, 0.25) is 0 Å². The van der Waals surface area contributed by atoms with Gasteiger partial charge in [0.05, 0.1) is 0 Å². The molecule has 0 radical (unpaired) electrons.